The molecule has 5 nitrogen and oxygen atoms in total. The maximum Gasteiger partial charge on any atom is 0.278 e. The van der Waals surface area contributed by atoms with Crippen molar-refractivity contribution in [3.63, 3.8) is 0 Å². The maximum atomic E-state index is 12.6. The summed E-state index contributed by atoms with van der Waals surface area (Å²) in [6.07, 6.45) is 0. The van der Waals surface area contributed by atoms with E-state index in [2.05, 4.69) is 15.6 Å². The molecule has 3 aromatic rings. The first-order chi connectivity index (χ1) is 11.5. The van der Waals surface area contributed by atoms with Crippen LogP contribution in [0.1, 0.15) is 32.9 Å². The van der Waals surface area contributed by atoms with E-state index in [4.69, 9.17) is 0 Å². The predicted molar refractivity (Wildman–Crippen MR) is 94.7 cm³/mol. The Hall–Kier alpha value is -2.95. The Balaban J connectivity index is 1.89. The van der Waals surface area contributed by atoms with Crippen molar-refractivity contribution >= 4 is 11.6 Å². The van der Waals surface area contributed by atoms with Crippen LogP contribution in [0.5, 0.6) is 0 Å². The first-order valence-electron chi connectivity index (χ1n) is 7.84. The number of hydrogen-bond donors (Lipinski definition) is 1. The first kappa shape index (κ1) is 15.9. The summed E-state index contributed by atoms with van der Waals surface area (Å²) in [5.74, 6) is -0.250. The molecule has 0 aliphatic rings. The maximum absolute atomic E-state index is 12.6. The molecule has 3 rings (SSSR count). The molecule has 1 heterocycles. The minimum Gasteiger partial charge on any atom is -0.320 e. The van der Waals surface area contributed by atoms with Crippen LogP contribution in [-0.2, 0) is 0 Å². The van der Waals surface area contributed by atoms with Gasteiger partial charge in [0.2, 0.25) is 0 Å². The SMILES string of the molecule is Cc1ccc(-n2nnc(C(=O)Nc3cccc(C)c3C)c2C)cc1. The van der Waals surface area contributed by atoms with Crippen LogP contribution < -0.4 is 5.32 Å². The van der Waals surface area contributed by atoms with Gasteiger partial charge < -0.3 is 5.32 Å². The van der Waals surface area contributed by atoms with Crippen molar-refractivity contribution in [1.29, 1.82) is 0 Å². The molecular weight excluding hydrogens is 300 g/mol. The Morgan fingerprint density at radius 2 is 1.71 bits per heavy atom. The summed E-state index contributed by atoms with van der Waals surface area (Å²) in [6, 6.07) is 13.8. The third kappa shape index (κ3) is 2.93. The lowest BCUT2D eigenvalue weighted by Crippen LogP contribution is -2.15. The zero-order chi connectivity index (χ0) is 17.3. The Kier molecular flexibility index (Phi) is 4.16. The van der Waals surface area contributed by atoms with Crippen molar-refractivity contribution in [2.24, 2.45) is 0 Å². The van der Waals surface area contributed by atoms with Gasteiger partial charge in [0.15, 0.2) is 5.69 Å². The summed E-state index contributed by atoms with van der Waals surface area (Å²) < 4.78 is 1.68. The molecule has 0 saturated carbocycles. The number of hydrogen-bond acceptors (Lipinski definition) is 3. The van der Waals surface area contributed by atoms with E-state index in [1.54, 1.807) is 4.68 Å². The standard InChI is InChI=1S/C19H20N4O/c1-12-8-10-16(11-9-12)23-15(4)18(21-22-23)19(24)20-17-7-5-6-13(2)14(17)3/h5-11H,1-4H3,(H,20,24). The Bertz CT molecular complexity index is 894. The molecule has 1 N–H and O–H groups in total. The highest BCUT2D eigenvalue weighted by Crippen LogP contribution is 2.20. The van der Waals surface area contributed by atoms with Gasteiger partial charge in [-0.1, -0.05) is 35.0 Å². The van der Waals surface area contributed by atoms with Crippen LogP contribution >= 0.6 is 0 Å². The van der Waals surface area contributed by atoms with Gasteiger partial charge in [-0.25, -0.2) is 4.68 Å². The Morgan fingerprint density at radius 3 is 2.42 bits per heavy atom. The van der Waals surface area contributed by atoms with Gasteiger partial charge in [-0.3, -0.25) is 4.79 Å². The molecule has 24 heavy (non-hydrogen) atoms. The van der Waals surface area contributed by atoms with Gasteiger partial charge in [0.1, 0.15) is 0 Å². The average molecular weight is 320 g/mol. The summed E-state index contributed by atoms with van der Waals surface area (Å²) in [5.41, 5.74) is 6.07. The monoisotopic (exact) mass is 320 g/mol. The molecule has 1 amide bonds. The van der Waals surface area contributed by atoms with Gasteiger partial charge in [-0.15, -0.1) is 5.10 Å². The van der Waals surface area contributed by atoms with E-state index in [-0.39, 0.29) is 5.91 Å². The second-order valence-corrected chi connectivity index (χ2v) is 5.97. The van der Waals surface area contributed by atoms with Crippen molar-refractivity contribution in [2.75, 3.05) is 5.32 Å². The Morgan fingerprint density at radius 1 is 1.00 bits per heavy atom. The molecule has 0 aliphatic heterocycles. The number of aryl methyl sites for hydroxylation is 2. The molecule has 2 aromatic carbocycles. The van der Waals surface area contributed by atoms with Crippen molar-refractivity contribution in [3.8, 4) is 5.69 Å². The number of aromatic nitrogens is 3. The summed E-state index contributed by atoms with van der Waals surface area (Å²) >= 11 is 0. The van der Waals surface area contributed by atoms with E-state index < -0.39 is 0 Å². The molecule has 122 valence electrons. The van der Waals surface area contributed by atoms with Gasteiger partial charge in [-0.2, -0.15) is 0 Å². The van der Waals surface area contributed by atoms with Crippen molar-refractivity contribution in [2.45, 2.75) is 27.7 Å². The lowest BCUT2D eigenvalue weighted by Gasteiger charge is -2.09. The van der Waals surface area contributed by atoms with E-state index in [1.165, 1.54) is 5.56 Å². The molecule has 0 saturated heterocycles. The number of carbonyl (C=O) groups excluding carboxylic acids is 1. The fraction of sp³-hybridized carbons (Fsp3) is 0.211. The van der Waals surface area contributed by atoms with Gasteiger partial charge in [0.05, 0.1) is 11.4 Å². The van der Waals surface area contributed by atoms with E-state index in [1.807, 2.05) is 70.2 Å². The normalized spacial score (nSPS) is 10.7. The highest BCUT2D eigenvalue weighted by Gasteiger charge is 2.18. The van der Waals surface area contributed by atoms with Gasteiger partial charge in [0.25, 0.3) is 5.91 Å². The quantitative estimate of drug-likeness (QED) is 0.799. The minimum absolute atomic E-state index is 0.250. The third-order valence-electron chi connectivity index (χ3n) is 4.24. The van der Waals surface area contributed by atoms with Crippen LogP contribution in [0.15, 0.2) is 42.5 Å². The zero-order valence-corrected chi connectivity index (χ0v) is 14.3. The van der Waals surface area contributed by atoms with Gasteiger partial charge in [-0.05, 0) is 57.0 Å². The molecule has 0 atom stereocenters. The van der Waals surface area contributed by atoms with Crippen LogP contribution in [-0.4, -0.2) is 20.9 Å². The summed E-state index contributed by atoms with van der Waals surface area (Å²) in [6.45, 7) is 7.88. The van der Waals surface area contributed by atoms with E-state index >= 15 is 0 Å². The number of rotatable bonds is 3. The van der Waals surface area contributed by atoms with Gasteiger partial charge >= 0.3 is 0 Å². The zero-order valence-electron chi connectivity index (χ0n) is 14.3. The van der Waals surface area contributed by atoms with Crippen molar-refractivity contribution < 1.29 is 4.79 Å². The van der Waals surface area contributed by atoms with E-state index in [9.17, 15) is 4.79 Å². The summed E-state index contributed by atoms with van der Waals surface area (Å²) in [4.78, 5) is 12.6. The van der Waals surface area contributed by atoms with Crippen LogP contribution in [0.4, 0.5) is 5.69 Å². The first-order valence-corrected chi connectivity index (χ1v) is 7.84. The van der Waals surface area contributed by atoms with Crippen LogP contribution in [0.25, 0.3) is 5.69 Å². The second kappa shape index (κ2) is 6.28. The van der Waals surface area contributed by atoms with Crippen LogP contribution in [0.3, 0.4) is 0 Å². The smallest absolute Gasteiger partial charge is 0.278 e. The van der Waals surface area contributed by atoms with E-state index in [0.717, 1.165) is 22.5 Å². The van der Waals surface area contributed by atoms with Crippen LogP contribution in [0.2, 0.25) is 0 Å². The number of carbonyl (C=O) groups is 1. The highest BCUT2D eigenvalue weighted by molar-refractivity contribution is 6.04. The average Bonchev–Trinajstić information content (AvgIpc) is 2.94. The number of nitrogens with one attached hydrogen (secondary N) is 1. The topological polar surface area (TPSA) is 59.8 Å². The molecule has 0 unspecified atom stereocenters. The third-order valence-corrected chi connectivity index (χ3v) is 4.24. The molecule has 0 radical (unpaired) electrons. The summed E-state index contributed by atoms with van der Waals surface area (Å²) in [7, 11) is 0. The highest BCUT2D eigenvalue weighted by atomic mass is 16.2. The molecule has 0 fully saturated rings. The molecule has 0 aliphatic carbocycles. The number of amides is 1. The second-order valence-electron chi connectivity index (χ2n) is 5.97. The largest absolute Gasteiger partial charge is 0.320 e. The van der Waals surface area contributed by atoms with Crippen LogP contribution in [0, 0.1) is 27.7 Å². The summed E-state index contributed by atoms with van der Waals surface area (Å²) in [5, 5.41) is 11.1. The Labute approximate surface area is 141 Å². The lowest BCUT2D eigenvalue weighted by molar-refractivity contribution is 0.102. The lowest BCUT2D eigenvalue weighted by atomic mass is 10.1. The van der Waals surface area contributed by atoms with E-state index in [0.29, 0.717) is 11.4 Å². The molecule has 1 aromatic heterocycles. The molecule has 0 spiro atoms. The van der Waals surface area contributed by atoms with Gasteiger partial charge in [0, 0.05) is 5.69 Å². The fourth-order valence-electron chi connectivity index (χ4n) is 2.54. The molecule has 5 heteroatoms. The molecular formula is C19H20N4O. The number of anilines is 1. The predicted octanol–water partition coefficient (Wildman–Crippen LogP) is 3.75. The van der Waals surface area contributed by atoms with Crippen molar-refractivity contribution in [3.05, 3.63) is 70.5 Å². The van der Waals surface area contributed by atoms with Crippen molar-refractivity contribution in [1.82, 2.24) is 15.0 Å². The minimum atomic E-state index is -0.250. The fourth-order valence-corrected chi connectivity index (χ4v) is 2.54. The molecule has 0 bridgehead atoms. The number of benzene rings is 2. The number of nitrogens with zero attached hydrogens (tertiary/aromatic N) is 3.